The van der Waals surface area contributed by atoms with E-state index >= 15 is 0 Å². The van der Waals surface area contributed by atoms with Crippen LogP contribution in [0.15, 0.2) is 0 Å². The summed E-state index contributed by atoms with van der Waals surface area (Å²) in [5.41, 5.74) is 0.575. The molecular weight excluding hydrogens is 220 g/mol. The highest BCUT2D eigenvalue weighted by Gasteiger charge is 2.68. The van der Waals surface area contributed by atoms with Crippen LogP contribution in [0.1, 0.15) is 79.1 Å². The molecule has 4 aliphatic carbocycles. The molecule has 1 heteroatoms. The van der Waals surface area contributed by atoms with E-state index in [9.17, 15) is 5.11 Å². The standard InChI is InChI=1S/C17H30O/c1-13-6-9-17(18)11-10-14(2,12-13)15(3)7-5-8-16(15,17)4/h13,18H,5-12H2,1-4H3. The van der Waals surface area contributed by atoms with Gasteiger partial charge in [0.05, 0.1) is 5.60 Å². The lowest BCUT2D eigenvalue weighted by atomic mass is 9.40. The summed E-state index contributed by atoms with van der Waals surface area (Å²) in [6, 6.07) is 0. The quantitative estimate of drug-likeness (QED) is 0.669. The number of aliphatic hydroxyl groups is 1. The number of hydrogen-bond acceptors (Lipinski definition) is 1. The van der Waals surface area contributed by atoms with Crippen molar-refractivity contribution in [2.45, 2.75) is 84.7 Å². The van der Waals surface area contributed by atoms with Gasteiger partial charge in [-0.15, -0.1) is 0 Å². The summed E-state index contributed by atoms with van der Waals surface area (Å²) in [5, 5.41) is 11.3. The molecule has 0 aromatic carbocycles. The van der Waals surface area contributed by atoms with Gasteiger partial charge in [-0.3, -0.25) is 0 Å². The first kappa shape index (κ1) is 13.0. The minimum Gasteiger partial charge on any atom is -0.389 e. The first-order chi connectivity index (χ1) is 8.27. The van der Waals surface area contributed by atoms with Crippen LogP contribution in [0.4, 0.5) is 0 Å². The molecule has 1 N–H and O–H groups in total. The van der Waals surface area contributed by atoms with Crippen molar-refractivity contribution in [1.82, 2.24) is 0 Å². The Morgan fingerprint density at radius 2 is 1.56 bits per heavy atom. The molecule has 0 aromatic heterocycles. The topological polar surface area (TPSA) is 20.2 Å². The van der Waals surface area contributed by atoms with Crippen molar-refractivity contribution in [3.63, 3.8) is 0 Å². The third-order valence-electron chi connectivity index (χ3n) is 7.87. The van der Waals surface area contributed by atoms with Crippen LogP contribution in [0.2, 0.25) is 0 Å². The van der Waals surface area contributed by atoms with Crippen molar-refractivity contribution >= 4 is 0 Å². The summed E-state index contributed by atoms with van der Waals surface area (Å²) in [6.07, 6.45) is 9.80. The smallest absolute Gasteiger partial charge is 0.0706 e. The van der Waals surface area contributed by atoms with E-state index in [-0.39, 0.29) is 11.0 Å². The summed E-state index contributed by atoms with van der Waals surface area (Å²) in [4.78, 5) is 0. The molecule has 0 spiro atoms. The van der Waals surface area contributed by atoms with Crippen LogP contribution in [0.3, 0.4) is 0 Å². The first-order valence-corrected chi connectivity index (χ1v) is 7.99. The summed E-state index contributed by atoms with van der Waals surface area (Å²) in [6.45, 7) is 9.83. The van der Waals surface area contributed by atoms with E-state index in [1.165, 1.54) is 38.5 Å². The molecule has 4 rings (SSSR count). The molecule has 0 aromatic rings. The van der Waals surface area contributed by atoms with Gasteiger partial charge in [-0.2, -0.15) is 0 Å². The zero-order valence-corrected chi connectivity index (χ0v) is 12.7. The number of hydrogen-bond donors (Lipinski definition) is 1. The number of fused-ring (bicyclic) bond motifs is 4. The fourth-order valence-corrected chi connectivity index (χ4v) is 6.18. The SMILES string of the molecule is CC1CCC2(O)CCC(C)(C1)C1(C)CCCC21C. The predicted octanol–water partition coefficient (Wildman–Crippen LogP) is 4.53. The van der Waals surface area contributed by atoms with Crippen LogP contribution in [0, 0.1) is 22.2 Å². The van der Waals surface area contributed by atoms with Crippen LogP contribution < -0.4 is 0 Å². The normalized spacial score (nSPS) is 60.2. The third kappa shape index (κ3) is 1.27. The van der Waals surface area contributed by atoms with E-state index in [2.05, 4.69) is 27.7 Å². The molecule has 4 saturated carbocycles. The molecule has 5 unspecified atom stereocenters. The molecule has 0 saturated heterocycles. The molecule has 0 amide bonds. The van der Waals surface area contributed by atoms with Gasteiger partial charge in [0, 0.05) is 5.41 Å². The Labute approximate surface area is 112 Å². The highest BCUT2D eigenvalue weighted by Crippen LogP contribution is 2.73. The van der Waals surface area contributed by atoms with Crippen molar-refractivity contribution < 1.29 is 5.11 Å². The second-order valence-corrected chi connectivity index (χ2v) is 8.46. The Balaban J connectivity index is 2.14. The highest BCUT2D eigenvalue weighted by atomic mass is 16.3. The van der Waals surface area contributed by atoms with E-state index in [0.29, 0.717) is 10.8 Å². The van der Waals surface area contributed by atoms with E-state index < -0.39 is 0 Å². The molecule has 4 fully saturated rings. The highest BCUT2D eigenvalue weighted by molar-refractivity contribution is 5.18. The van der Waals surface area contributed by atoms with Gasteiger partial charge in [-0.1, -0.05) is 34.1 Å². The zero-order valence-electron chi connectivity index (χ0n) is 12.7. The lowest BCUT2D eigenvalue weighted by molar-refractivity contribution is -0.228. The van der Waals surface area contributed by atoms with Crippen LogP contribution in [-0.4, -0.2) is 10.7 Å². The Hall–Kier alpha value is -0.0400. The van der Waals surface area contributed by atoms with Crippen molar-refractivity contribution in [2.75, 3.05) is 0 Å². The maximum atomic E-state index is 11.3. The monoisotopic (exact) mass is 250 g/mol. The first-order valence-electron chi connectivity index (χ1n) is 7.99. The average Bonchev–Trinajstić information content (AvgIpc) is 2.62. The lowest BCUT2D eigenvalue weighted by Gasteiger charge is -2.66. The Morgan fingerprint density at radius 3 is 2.28 bits per heavy atom. The van der Waals surface area contributed by atoms with Gasteiger partial charge >= 0.3 is 0 Å². The summed E-state index contributed by atoms with van der Waals surface area (Å²) >= 11 is 0. The minimum absolute atomic E-state index is 0.160. The van der Waals surface area contributed by atoms with Crippen molar-refractivity contribution in [3.05, 3.63) is 0 Å². The molecule has 1 nitrogen and oxygen atoms in total. The molecule has 4 aliphatic rings. The number of rotatable bonds is 0. The molecule has 18 heavy (non-hydrogen) atoms. The second-order valence-electron chi connectivity index (χ2n) is 8.46. The van der Waals surface area contributed by atoms with Crippen LogP contribution in [0.25, 0.3) is 0 Å². The fraction of sp³-hybridized carbons (Fsp3) is 1.00. The average molecular weight is 250 g/mol. The second kappa shape index (κ2) is 3.53. The summed E-state index contributed by atoms with van der Waals surface area (Å²) in [5.74, 6) is 0.781. The third-order valence-corrected chi connectivity index (χ3v) is 7.87. The molecule has 2 bridgehead atoms. The lowest BCUT2D eigenvalue weighted by Crippen LogP contribution is -2.63. The maximum Gasteiger partial charge on any atom is 0.0706 e. The molecule has 0 heterocycles. The largest absolute Gasteiger partial charge is 0.389 e. The van der Waals surface area contributed by atoms with Crippen molar-refractivity contribution in [1.29, 1.82) is 0 Å². The van der Waals surface area contributed by atoms with Crippen molar-refractivity contribution in [3.8, 4) is 0 Å². The minimum atomic E-state index is -0.382. The van der Waals surface area contributed by atoms with Gasteiger partial charge < -0.3 is 5.11 Å². The van der Waals surface area contributed by atoms with Crippen molar-refractivity contribution in [2.24, 2.45) is 22.2 Å². The van der Waals surface area contributed by atoms with E-state index in [0.717, 1.165) is 18.8 Å². The Bertz CT molecular complexity index is 361. The Kier molecular flexibility index (Phi) is 2.55. The molecule has 0 aliphatic heterocycles. The van der Waals surface area contributed by atoms with Gasteiger partial charge in [-0.25, -0.2) is 0 Å². The molecule has 0 radical (unpaired) electrons. The van der Waals surface area contributed by atoms with E-state index in [4.69, 9.17) is 0 Å². The maximum absolute atomic E-state index is 11.3. The Morgan fingerprint density at radius 1 is 0.889 bits per heavy atom. The van der Waals surface area contributed by atoms with E-state index in [1.54, 1.807) is 0 Å². The van der Waals surface area contributed by atoms with Crippen LogP contribution in [-0.2, 0) is 0 Å². The summed E-state index contributed by atoms with van der Waals surface area (Å²) in [7, 11) is 0. The van der Waals surface area contributed by atoms with Gasteiger partial charge in [0.2, 0.25) is 0 Å². The fourth-order valence-electron chi connectivity index (χ4n) is 6.18. The van der Waals surface area contributed by atoms with Gasteiger partial charge in [0.25, 0.3) is 0 Å². The zero-order chi connectivity index (χ0) is 13.2. The predicted molar refractivity (Wildman–Crippen MR) is 75.4 cm³/mol. The molecule has 5 atom stereocenters. The molecule has 104 valence electrons. The van der Waals surface area contributed by atoms with Gasteiger partial charge in [-0.05, 0) is 61.7 Å². The molecular formula is C17H30O. The van der Waals surface area contributed by atoms with Gasteiger partial charge in [0.1, 0.15) is 0 Å². The van der Waals surface area contributed by atoms with Gasteiger partial charge in [0.15, 0.2) is 0 Å². The summed E-state index contributed by atoms with van der Waals surface area (Å²) < 4.78 is 0. The van der Waals surface area contributed by atoms with Crippen LogP contribution >= 0.6 is 0 Å². The van der Waals surface area contributed by atoms with Crippen LogP contribution in [0.5, 0.6) is 0 Å². The van der Waals surface area contributed by atoms with E-state index in [1.807, 2.05) is 0 Å².